The Labute approximate surface area is 106 Å². The summed E-state index contributed by atoms with van der Waals surface area (Å²) in [5.41, 5.74) is 1.35. The summed E-state index contributed by atoms with van der Waals surface area (Å²) >= 11 is 0. The predicted octanol–water partition coefficient (Wildman–Crippen LogP) is 4.12. The van der Waals surface area contributed by atoms with Crippen LogP contribution in [0.2, 0.25) is 13.1 Å². The van der Waals surface area contributed by atoms with Crippen LogP contribution in [-0.4, -0.2) is 14.4 Å². The second-order valence-corrected chi connectivity index (χ2v) is 8.95. The molecule has 92 valence electrons. The molecule has 0 aliphatic carbocycles. The van der Waals surface area contributed by atoms with E-state index in [9.17, 15) is 0 Å². The van der Waals surface area contributed by atoms with Gasteiger partial charge < -0.3 is 4.43 Å². The highest BCUT2D eigenvalue weighted by atomic mass is 28.4. The smallest absolute Gasteiger partial charge is 0.191 e. The van der Waals surface area contributed by atoms with Crippen LogP contribution in [0.1, 0.15) is 12.0 Å². The molecule has 0 bridgehead atoms. The second kappa shape index (κ2) is 6.57. The van der Waals surface area contributed by atoms with Gasteiger partial charge in [0.25, 0.3) is 0 Å². The van der Waals surface area contributed by atoms with Gasteiger partial charge in [-0.3, -0.25) is 0 Å². The number of rotatable bonds is 7. The molecule has 1 unspecified atom stereocenters. The Morgan fingerprint density at radius 2 is 1.88 bits per heavy atom. The fourth-order valence-electron chi connectivity index (χ4n) is 1.90. The van der Waals surface area contributed by atoms with E-state index >= 15 is 0 Å². The molecule has 0 N–H and O–H groups in total. The molecule has 1 rings (SSSR count). The molecule has 0 aromatic heterocycles. The lowest BCUT2D eigenvalue weighted by Crippen LogP contribution is -2.37. The van der Waals surface area contributed by atoms with Crippen molar-refractivity contribution in [2.45, 2.75) is 31.7 Å². The van der Waals surface area contributed by atoms with Crippen LogP contribution in [-0.2, 0) is 10.5 Å². The van der Waals surface area contributed by atoms with Gasteiger partial charge in [-0.15, -0.1) is 13.2 Å². The fraction of sp³-hybridized carbons (Fsp3) is 0.333. The zero-order chi connectivity index (χ0) is 12.7. The minimum atomic E-state index is -1.68. The molecule has 1 aromatic rings. The Bertz CT molecular complexity index is 356. The molecular weight excluding hydrogens is 224 g/mol. The Kier molecular flexibility index (Phi) is 5.39. The molecule has 0 spiro atoms. The molecule has 0 heterocycles. The molecule has 2 heteroatoms. The van der Waals surface area contributed by atoms with Gasteiger partial charge in [-0.05, 0) is 31.1 Å². The summed E-state index contributed by atoms with van der Waals surface area (Å²) in [6, 6.07) is 11.6. The average molecular weight is 246 g/mol. The maximum atomic E-state index is 6.18. The number of benzene rings is 1. The van der Waals surface area contributed by atoms with Crippen molar-refractivity contribution >= 4 is 8.32 Å². The van der Waals surface area contributed by atoms with Crippen LogP contribution in [0.4, 0.5) is 0 Å². The van der Waals surface area contributed by atoms with E-state index in [0.717, 1.165) is 12.5 Å². The van der Waals surface area contributed by atoms with Crippen molar-refractivity contribution in [3.63, 3.8) is 0 Å². The van der Waals surface area contributed by atoms with E-state index in [1.54, 1.807) is 0 Å². The van der Waals surface area contributed by atoms with Crippen LogP contribution in [0.5, 0.6) is 0 Å². The Balaban J connectivity index is 2.61. The van der Waals surface area contributed by atoms with E-state index < -0.39 is 8.32 Å². The maximum Gasteiger partial charge on any atom is 0.191 e. The molecule has 0 radical (unpaired) electrons. The summed E-state index contributed by atoms with van der Waals surface area (Å²) in [6.45, 7) is 12.1. The molecule has 1 nitrogen and oxygen atoms in total. The standard InChI is InChI=1S/C15H22OSi/c1-5-10-15(6-2)16-17(3,4)13-14-11-8-7-9-12-14/h5-9,11-12,15H,1-2,10,13H2,3-4H3. The van der Waals surface area contributed by atoms with Gasteiger partial charge in [-0.2, -0.15) is 0 Å². The third-order valence-corrected chi connectivity index (χ3v) is 4.81. The average Bonchev–Trinajstić information content (AvgIpc) is 2.29. The zero-order valence-corrected chi connectivity index (χ0v) is 11.9. The summed E-state index contributed by atoms with van der Waals surface area (Å²) in [5.74, 6) is 0. The molecule has 0 aliphatic rings. The first-order chi connectivity index (χ1) is 8.07. The number of hydrogen-bond acceptors (Lipinski definition) is 1. The van der Waals surface area contributed by atoms with Crippen molar-refractivity contribution in [3.05, 3.63) is 61.2 Å². The molecule has 1 atom stereocenters. The van der Waals surface area contributed by atoms with Crippen molar-refractivity contribution in [2.24, 2.45) is 0 Å². The van der Waals surface area contributed by atoms with Crippen LogP contribution >= 0.6 is 0 Å². The summed E-state index contributed by atoms with van der Waals surface area (Å²) < 4.78 is 6.18. The lowest BCUT2D eigenvalue weighted by Gasteiger charge is -2.27. The Morgan fingerprint density at radius 3 is 2.41 bits per heavy atom. The van der Waals surface area contributed by atoms with Crippen molar-refractivity contribution in [3.8, 4) is 0 Å². The van der Waals surface area contributed by atoms with Crippen LogP contribution in [0.15, 0.2) is 55.6 Å². The fourth-order valence-corrected chi connectivity index (χ4v) is 4.21. The van der Waals surface area contributed by atoms with Gasteiger partial charge in [0.05, 0.1) is 6.10 Å². The highest BCUT2D eigenvalue weighted by Crippen LogP contribution is 2.17. The Hall–Kier alpha value is -1.12. The van der Waals surface area contributed by atoms with Crippen molar-refractivity contribution in [1.29, 1.82) is 0 Å². The Morgan fingerprint density at radius 1 is 1.24 bits per heavy atom. The minimum Gasteiger partial charge on any atom is -0.410 e. The van der Waals surface area contributed by atoms with Crippen molar-refractivity contribution in [1.82, 2.24) is 0 Å². The van der Waals surface area contributed by atoms with E-state index in [2.05, 4.69) is 50.5 Å². The van der Waals surface area contributed by atoms with Crippen LogP contribution in [0.25, 0.3) is 0 Å². The molecule has 0 saturated carbocycles. The highest BCUT2D eigenvalue weighted by Gasteiger charge is 2.25. The lowest BCUT2D eigenvalue weighted by molar-refractivity contribution is 0.242. The summed E-state index contributed by atoms with van der Waals surface area (Å²) in [5, 5.41) is 0. The quantitative estimate of drug-likeness (QED) is 0.519. The molecule has 0 fully saturated rings. The van der Waals surface area contributed by atoms with Crippen LogP contribution in [0.3, 0.4) is 0 Å². The SMILES string of the molecule is C=CCC(C=C)O[Si](C)(C)Cc1ccccc1. The zero-order valence-electron chi connectivity index (χ0n) is 10.9. The molecule has 17 heavy (non-hydrogen) atoms. The van der Waals surface area contributed by atoms with E-state index in [1.807, 2.05) is 18.2 Å². The van der Waals surface area contributed by atoms with Gasteiger partial charge in [0.15, 0.2) is 8.32 Å². The van der Waals surface area contributed by atoms with E-state index in [4.69, 9.17) is 4.43 Å². The van der Waals surface area contributed by atoms with Gasteiger partial charge in [0.1, 0.15) is 0 Å². The monoisotopic (exact) mass is 246 g/mol. The molecular formula is C15H22OSi. The first-order valence-electron chi connectivity index (χ1n) is 6.02. The van der Waals surface area contributed by atoms with Gasteiger partial charge in [0, 0.05) is 0 Å². The molecule has 0 amide bonds. The topological polar surface area (TPSA) is 9.23 Å². The van der Waals surface area contributed by atoms with Gasteiger partial charge in [0.2, 0.25) is 0 Å². The highest BCUT2D eigenvalue weighted by molar-refractivity contribution is 6.70. The van der Waals surface area contributed by atoms with E-state index in [1.165, 1.54) is 5.56 Å². The van der Waals surface area contributed by atoms with Crippen LogP contribution in [0, 0.1) is 0 Å². The van der Waals surface area contributed by atoms with Crippen LogP contribution < -0.4 is 0 Å². The molecule has 0 aliphatic heterocycles. The third-order valence-electron chi connectivity index (χ3n) is 2.60. The summed E-state index contributed by atoms with van der Waals surface area (Å²) in [6.07, 6.45) is 4.72. The third kappa shape index (κ3) is 5.15. The maximum absolute atomic E-state index is 6.18. The predicted molar refractivity (Wildman–Crippen MR) is 77.5 cm³/mol. The van der Waals surface area contributed by atoms with E-state index in [0.29, 0.717) is 0 Å². The molecule has 0 saturated heterocycles. The lowest BCUT2D eigenvalue weighted by atomic mass is 10.2. The normalized spacial score (nSPS) is 13.1. The van der Waals surface area contributed by atoms with Crippen molar-refractivity contribution < 1.29 is 4.43 Å². The van der Waals surface area contributed by atoms with Gasteiger partial charge in [-0.25, -0.2) is 0 Å². The second-order valence-electron chi connectivity index (χ2n) is 4.84. The largest absolute Gasteiger partial charge is 0.410 e. The minimum absolute atomic E-state index is 0.109. The summed E-state index contributed by atoms with van der Waals surface area (Å²) in [7, 11) is -1.68. The number of hydrogen-bond donors (Lipinski definition) is 0. The van der Waals surface area contributed by atoms with Gasteiger partial charge >= 0.3 is 0 Å². The summed E-state index contributed by atoms with van der Waals surface area (Å²) in [4.78, 5) is 0. The van der Waals surface area contributed by atoms with E-state index in [-0.39, 0.29) is 6.10 Å². The van der Waals surface area contributed by atoms with Gasteiger partial charge in [-0.1, -0.05) is 42.5 Å². The van der Waals surface area contributed by atoms with Crippen molar-refractivity contribution in [2.75, 3.05) is 0 Å². The first-order valence-corrected chi connectivity index (χ1v) is 9.14. The molecule has 1 aromatic carbocycles. The first kappa shape index (κ1) is 13.9.